The molecule has 1 rings (SSSR count). The number of nitrogens with two attached hydrogens (primary N) is 1. The summed E-state index contributed by atoms with van der Waals surface area (Å²) in [7, 11) is 0. The predicted molar refractivity (Wildman–Crippen MR) is 56.6 cm³/mol. The van der Waals surface area contributed by atoms with Crippen LogP contribution in [0, 0.1) is 0 Å². The number of benzene rings is 1. The molecule has 1 aromatic rings. The summed E-state index contributed by atoms with van der Waals surface area (Å²) in [6.45, 7) is 0. The van der Waals surface area contributed by atoms with Crippen molar-refractivity contribution in [3.05, 3.63) is 33.8 Å². The van der Waals surface area contributed by atoms with Crippen LogP contribution in [0.3, 0.4) is 0 Å². The monoisotopic (exact) mass is 261 g/mol. The van der Waals surface area contributed by atoms with Crippen molar-refractivity contribution in [2.24, 2.45) is 5.73 Å². The molecule has 2 N–H and O–H groups in total. The molecule has 0 saturated carbocycles. The zero-order chi connectivity index (χ0) is 10.0. The molecule has 1 nitrogen and oxygen atoms in total. The third-order valence-corrected chi connectivity index (χ3v) is 2.26. The van der Waals surface area contributed by atoms with E-state index in [1.165, 1.54) is 12.1 Å². The Balaban J connectivity index is 0.00000169. The van der Waals surface area contributed by atoms with E-state index in [9.17, 15) is 8.78 Å². The Hall–Kier alpha value is -0.0900. The molecule has 0 aromatic heterocycles. The summed E-state index contributed by atoms with van der Waals surface area (Å²) < 4.78 is 24.5. The van der Waals surface area contributed by atoms with Crippen LogP contribution in [0.2, 0.25) is 10.0 Å². The SMILES string of the molecule is Cl.N[C@H](c1c(Cl)cccc1Cl)C(F)F. The van der Waals surface area contributed by atoms with Crippen LogP contribution in [0.1, 0.15) is 11.6 Å². The Bertz CT molecular complexity index is 286. The van der Waals surface area contributed by atoms with Gasteiger partial charge in [-0.05, 0) is 12.1 Å². The lowest BCUT2D eigenvalue weighted by molar-refractivity contribution is 0.116. The molecule has 0 radical (unpaired) electrons. The molecule has 0 unspecified atom stereocenters. The average Bonchev–Trinajstić information content (AvgIpc) is 2.03. The molecule has 1 atom stereocenters. The Morgan fingerprint density at radius 3 is 1.93 bits per heavy atom. The first-order chi connectivity index (χ1) is 6.04. The van der Waals surface area contributed by atoms with Gasteiger partial charge in [0.25, 0.3) is 6.43 Å². The average molecular weight is 263 g/mol. The molecule has 0 amide bonds. The maximum Gasteiger partial charge on any atom is 0.257 e. The molecule has 0 heterocycles. The van der Waals surface area contributed by atoms with E-state index >= 15 is 0 Å². The summed E-state index contributed by atoms with van der Waals surface area (Å²) in [4.78, 5) is 0. The van der Waals surface area contributed by atoms with Gasteiger partial charge in [0.1, 0.15) is 0 Å². The number of hydrogen-bond acceptors (Lipinski definition) is 1. The van der Waals surface area contributed by atoms with Crippen molar-refractivity contribution < 1.29 is 8.78 Å². The highest BCUT2D eigenvalue weighted by Crippen LogP contribution is 2.31. The van der Waals surface area contributed by atoms with Gasteiger partial charge in [0.2, 0.25) is 0 Å². The van der Waals surface area contributed by atoms with E-state index in [-0.39, 0.29) is 28.0 Å². The standard InChI is InChI=1S/C8H7Cl2F2N.ClH/c9-4-2-1-3-5(10)6(4)7(13)8(11)12;/h1-3,7-8H,13H2;1H/t7-;/m1./s1. The molecule has 0 aliphatic heterocycles. The fourth-order valence-electron chi connectivity index (χ4n) is 0.955. The number of hydrogen-bond donors (Lipinski definition) is 1. The van der Waals surface area contributed by atoms with Gasteiger partial charge in [-0.1, -0.05) is 29.3 Å². The zero-order valence-corrected chi connectivity index (χ0v) is 9.21. The molecule has 1 aromatic carbocycles. The van der Waals surface area contributed by atoms with Crippen molar-refractivity contribution in [2.45, 2.75) is 12.5 Å². The molecule has 6 heteroatoms. The minimum atomic E-state index is -2.67. The molecule has 0 fully saturated rings. The number of rotatable bonds is 2. The summed E-state index contributed by atoms with van der Waals surface area (Å²) in [5.41, 5.74) is 5.32. The van der Waals surface area contributed by atoms with Crippen molar-refractivity contribution in [2.75, 3.05) is 0 Å². The number of halogens is 5. The second kappa shape index (κ2) is 5.71. The third kappa shape index (κ3) is 2.95. The van der Waals surface area contributed by atoms with E-state index in [0.717, 1.165) is 0 Å². The fourth-order valence-corrected chi connectivity index (χ4v) is 1.60. The summed E-state index contributed by atoms with van der Waals surface area (Å²) >= 11 is 11.3. The minimum Gasteiger partial charge on any atom is -0.319 e. The molecule has 80 valence electrons. The van der Waals surface area contributed by atoms with Gasteiger partial charge in [-0.25, -0.2) is 8.78 Å². The molecular weight excluding hydrogens is 254 g/mol. The summed E-state index contributed by atoms with van der Waals surface area (Å²) in [6, 6.07) is 3.10. The quantitative estimate of drug-likeness (QED) is 0.864. The van der Waals surface area contributed by atoms with Crippen molar-refractivity contribution in [3.63, 3.8) is 0 Å². The lowest BCUT2D eigenvalue weighted by Crippen LogP contribution is -2.19. The zero-order valence-electron chi connectivity index (χ0n) is 6.88. The molecule has 0 bridgehead atoms. The summed E-state index contributed by atoms with van der Waals surface area (Å²) in [6.07, 6.45) is -2.67. The Morgan fingerprint density at radius 1 is 1.14 bits per heavy atom. The molecule has 0 spiro atoms. The van der Waals surface area contributed by atoms with Crippen molar-refractivity contribution in [1.29, 1.82) is 0 Å². The highest BCUT2D eigenvalue weighted by atomic mass is 35.5. The second-order valence-corrected chi connectivity index (χ2v) is 3.31. The maximum atomic E-state index is 12.2. The summed E-state index contributed by atoms with van der Waals surface area (Å²) in [5, 5.41) is 0.334. The van der Waals surface area contributed by atoms with E-state index in [2.05, 4.69) is 0 Å². The minimum absolute atomic E-state index is 0. The maximum absolute atomic E-state index is 12.2. The van der Waals surface area contributed by atoms with Crippen LogP contribution < -0.4 is 5.73 Å². The number of alkyl halides is 2. The van der Waals surface area contributed by atoms with Gasteiger partial charge in [-0.2, -0.15) is 0 Å². The van der Waals surface area contributed by atoms with Gasteiger partial charge in [-0.15, -0.1) is 12.4 Å². The highest BCUT2D eigenvalue weighted by Gasteiger charge is 2.22. The van der Waals surface area contributed by atoms with Crippen LogP contribution in [0.25, 0.3) is 0 Å². The van der Waals surface area contributed by atoms with Crippen LogP contribution in [-0.4, -0.2) is 6.43 Å². The van der Waals surface area contributed by atoms with Crippen molar-refractivity contribution >= 4 is 35.6 Å². The highest BCUT2D eigenvalue weighted by molar-refractivity contribution is 6.36. The van der Waals surface area contributed by atoms with E-state index in [0.29, 0.717) is 0 Å². The Labute approximate surface area is 96.6 Å². The molecule has 14 heavy (non-hydrogen) atoms. The topological polar surface area (TPSA) is 26.0 Å². The second-order valence-electron chi connectivity index (χ2n) is 2.50. The smallest absolute Gasteiger partial charge is 0.257 e. The molecule has 0 saturated heterocycles. The van der Waals surface area contributed by atoms with Crippen LogP contribution >= 0.6 is 35.6 Å². The summed E-state index contributed by atoms with van der Waals surface area (Å²) in [5.74, 6) is 0. The van der Waals surface area contributed by atoms with Gasteiger partial charge in [0.15, 0.2) is 0 Å². The van der Waals surface area contributed by atoms with Crippen LogP contribution in [0.15, 0.2) is 18.2 Å². The lowest BCUT2D eigenvalue weighted by atomic mass is 10.1. The van der Waals surface area contributed by atoms with Gasteiger partial charge in [-0.3, -0.25) is 0 Å². The first-order valence-corrected chi connectivity index (χ1v) is 4.27. The van der Waals surface area contributed by atoms with Gasteiger partial charge in [0, 0.05) is 15.6 Å². The fraction of sp³-hybridized carbons (Fsp3) is 0.250. The van der Waals surface area contributed by atoms with Gasteiger partial charge >= 0.3 is 0 Å². The first-order valence-electron chi connectivity index (χ1n) is 3.51. The van der Waals surface area contributed by atoms with Crippen LogP contribution in [0.4, 0.5) is 8.78 Å². The van der Waals surface area contributed by atoms with Crippen molar-refractivity contribution in [1.82, 2.24) is 0 Å². The predicted octanol–water partition coefficient (Wildman–Crippen LogP) is 3.68. The van der Waals surface area contributed by atoms with E-state index in [4.69, 9.17) is 28.9 Å². The van der Waals surface area contributed by atoms with Crippen molar-refractivity contribution in [3.8, 4) is 0 Å². The first kappa shape index (κ1) is 13.9. The lowest BCUT2D eigenvalue weighted by Gasteiger charge is -2.13. The van der Waals surface area contributed by atoms with E-state index in [1.807, 2.05) is 0 Å². The van der Waals surface area contributed by atoms with E-state index in [1.54, 1.807) is 6.07 Å². The third-order valence-electron chi connectivity index (χ3n) is 1.60. The van der Waals surface area contributed by atoms with Gasteiger partial charge < -0.3 is 5.73 Å². The largest absolute Gasteiger partial charge is 0.319 e. The Kier molecular flexibility index (Phi) is 5.67. The normalized spacial score (nSPS) is 12.4. The molecular formula is C8H8Cl3F2N. The van der Waals surface area contributed by atoms with Crippen LogP contribution in [-0.2, 0) is 0 Å². The van der Waals surface area contributed by atoms with Crippen LogP contribution in [0.5, 0.6) is 0 Å². The molecule has 0 aliphatic rings. The van der Waals surface area contributed by atoms with E-state index < -0.39 is 12.5 Å². The molecule has 0 aliphatic carbocycles. The Morgan fingerprint density at radius 2 is 1.57 bits per heavy atom. The van der Waals surface area contributed by atoms with Gasteiger partial charge in [0.05, 0.1) is 6.04 Å².